The van der Waals surface area contributed by atoms with E-state index in [1.807, 2.05) is 6.07 Å². The summed E-state index contributed by atoms with van der Waals surface area (Å²) in [4.78, 5) is 0. The van der Waals surface area contributed by atoms with Gasteiger partial charge in [-0.15, -0.1) is 0 Å². The molecule has 2 nitrogen and oxygen atoms in total. The fourth-order valence-corrected chi connectivity index (χ4v) is 2.81. The summed E-state index contributed by atoms with van der Waals surface area (Å²) in [7, 11) is 0. The monoisotopic (exact) mass is 280 g/mol. The highest BCUT2D eigenvalue weighted by atomic mass is 32.1. The molecule has 0 unspecified atom stereocenters. The number of benzene rings is 1. The molecule has 2 atom stereocenters. The molecular weight excluding hydrogens is 259 g/mol. The molecule has 1 aromatic rings. The normalized spacial score (nSPS) is 22.9. The van der Waals surface area contributed by atoms with Crippen LogP contribution >= 0.6 is 12.2 Å². The molecule has 4 heteroatoms. The van der Waals surface area contributed by atoms with E-state index in [1.54, 1.807) is 13.0 Å². The van der Waals surface area contributed by atoms with E-state index >= 15 is 0 Å². The smallest absolute Gasteiger partial charge is 0.171 e. The van der Waals surface area contributed by atoms with Crippen LogP contribution in [0.3, 0.4) is 0 Å². The van der Waals surface area contributed by atoms with Crippen molar-refractivity contribution in [3.05, 3.63) is 29.6 Å². The zero-order valence-corrected chi connectivity index (χ0v) is 12.3. The molecule has 104 valence electrons. The summed E-state index contributed by atoms with van der Waals surface area (Å²) in [5, 5.41) is 6.99. The maximum atomic E-state index is 13.4. The number of aryl methyl sites for hydroxylation is 1. The summed E-state index contributed by atoms with van der Waals surface area (Å²) < 4.78 is 13.4. The van der Waals surface area contributed by atoms with Gasteiger partial charge >= 0.3 is 0 Å². The van der Waals surface area contributed by atoms with Crippen molar-refractivity contribution in [1.82, 2.24) is 5.32 Å². The van der Waals surface area contributed by atoms with Crippen molar-refractivity contribution in [1.29, 1.82) is 0 Å². The average Bonchev–Trinajstić information content (AvgIpc) is 2.37. The Balaban J connectivity index is 1.91. The van der Waals surface area contributed by atoms with Crippen LogP contribution in [0.4, 0.5) is 10.1 Å². The zero-order valence-electron chi connectivity index (χ0n) is 11.5. The van der Waals surface area contributed by atoms with Gasteiger partial charge in [0.25, 0.3) is 0 Å². The largest absolute Gasteiger partial charge is 0.359 e. The fraction of sp³-hybridized carbons (Fsp3) is 0.533. The predicted molar refractivity (Wildman–Crippen MR) is 81.9 cm³/mol. The predicted octanol–water partition coefficient (Wildman–Crippen LogP) is 4.00. The molecular formula is C15H21FN2S. The number of hydrogen-bond donors (Lipinski definition) is 2. The Hall–Kier alpha value is -1.16. The van der Waals surface area contributed by atoms with Crippen LogP contribution in [-0.2, 0) is 0 Å². The second kappa shape index (κ2) is 6.33. The van der Waals surface area contributed by atoms with Crippen molar-refractivity contribution in [3.8, 4) is 0 Å². The molecule has 1 aliphatic rings. The second-order valence-electron chi connectivity index (χ2n) is 5.43. The van der Waals surface area contributed by atoms with E-state index in [1.165, 1.54) is 25.3 Å². The zero-order chi connectivity index (χ0) is 13.8. The van der Waals surface area contributed by atoms with E-state index in [4.69, 9.17) is 12.2 Å². The lowest BCUT2D eigenvalue weighted by molar-refractivity contribution is 0.309. The first-order valence-corrected chi connectivity index (χ1v) is 7.31. The molecule has 0 amide bonds. The third kappa shape index (κ3) is 3.90. The first-order chi connectivity index (χ1) is 9.06. The Morgan fingerprint density at radius 2 is 2.05 bits per heavy atom. The summed E-state index contributed by atoms with van der Waals surface area (Å²) >= 11 is 5.30. The third-order valence-electron chi connectivity index (χ3n) is 3.86. The van der Waals surface area contributed by atoms with Crippen LogP contribution in [0, 0.1) is 18.7 Å². The number of halogens is 1. The molecule has 2 rings (SSSR count). The van der Waals surface area contributed by atoms with Crippen molar-refractivity contribution in [2.45, 2.75) is 45.6 Å². The number of hydrogen-bond acceptors (Lipinski definition) is 1. The molecule has 1 aromatic carbocycles. The summed E-state index contributed by atoms with van der Waals surface area (Å²) in [5.74, 6) is 0.432. The topological polar surface area (TPSA) is 24.1 Å². The summed E-state index contributed by atoms with van der Waals surface area (Å²) in [6, 6.07) is 5.51. The number of rotatable bonds is 2. The molecule has 2 N–H and O–H groups in total. The fourth-order valence-electron chi connectivity index (χ4n) is 2.54. The Morgan fingerprint density at radius 1 is 1.32 bits per heavy atom. The van der Waals surface area contributed by atoms with Crippen molar-refractivity contribution >= 4 is 23.0 Å². The molecule has 1 saturated carbocycles. The Kier molecular flexibility index (Phi) is 4.75. The molecule has 0 bridgehead atoms. The van der Waals surface area contributed by atoms with E-state index in [2.05, 4.69) is 17.6 Å². The molecule has 1 aliphatic carbocycles. The van der Waals surface area contributed by atoms with Crippen molar-refractivity contribution in [2.75, 3.05) is 5.32 Å². The molecule has 0 radical (unpaired) electrons. The minimum Gasteiger partial charge on any atom is -0.359 e. The minimum absolute atomic E-state index is 0.209. The molecule has 0 aromatic heterocycles. The van der Waals surface area contributed by atoms with Gasteiger partial charge in [0.1, 0.15) is 5.82 Å². The standard InChI is InChI=1S/C15H21FN2S/c1-10-7-8-12(9-13(10)16)17-15(19)18-14-6-4-3-5-11(14)2/h7-9,11,14H,3-6H2,1-2H3,(H2,17,18,19)/t11-,14-/m1/s1. The first-order valence-electron chi connectivity index (χ1n) is 6.90. The van der Waals surface area contributed by atoms with Crippen LogP contribution in [0.1, 0.15) is 38.2 Å². The van der Waals surface area contributed by atoms with Crippen LogP contribution in [0.15, 0.2) is 18.2 Å². The molecule has 19 heavy (non-hydrogen) atoms. The van der Waals surface area contributed by atoms with Gasteiger partial charge in [-0.2, -0.15) is 0 Å². The average molecular weight is 280 g/mol. The van der Waals surface area contributed by atoms with Crippen LogP contribution in [-0.4, -0.2) is 11.2 Å². The highest BCUT2D eigenvalue weighted by Gasteiger charge is 2.21. The summed E-state index contributed by atoms with van der Waals surface area (Å²) in [5.41, 5.74) is 1.34. The van der Waals surface area contributed by atoms with Crippen molar-refractivity contribution < 1.29 is 4.39 Å². The van der Waals surface area contributed by atoms with Gasteiger partial charge in [0, 0.05) is 11.7 Å². The highest BCUT2D eigenvalue weighted by molar-refractivity contribution is 7.80. The van der Waals surface area contributed by atoms with Gasteiger partial charge in [-0.05, 0) is 55.6 Å². The molecule has 0 spiro atoms. The number of nitrogens with one attached hydrogen (secondary N) is 2. The molecule has 0 heterocycles. The molecule has 1 fully saturated rings. The second-order valence-corrected chi connectivity index (χ2v) is 5.84. The lowest BCUT2D eigenvalue weighted by Gasteiger charge is -2.30. The SMILES string of the molecule is Cc1ccc(NC(=S)N[C@@H]2CCCC[C@H]2C)cc1F. The van der Waals surface area contributed by atoms with E-state index < -0.39 is 0 Å². The Morgan fingerprint density at radius 3 is 2.74 bits per heavy atom. The maximum Gasteiger partial charge on any atom is 0.171 e. The quantitative estimate of drug-likeness (QED) is 0.801. The van der Waals surface area contributed by atoms with Gasteiger partial charge < -0.3 is 10.6 Å². The van der Waals surface area contributed by atoms with E-state index in [-0.39, 0.29) is 5.82 Å². The van der Waals surface area contributed by atoms with E-state index in [0.29, 0.717) is 28.3 Å². The van der Waals surface area contributed by atoms with Gasteiger partial charge in [-0.25, -0.2) is 4.39 Å². The highest BCUT2D eigenvalue weighted by Crippen LogP contribution is 2.23. The number of thiocarbonyl (C=S) groups is 1. The minimum atomic E-state index is -0.209. The van der Waals surface area contributed by atoms with Gasteiger partial charge in [0.05, 0.1) is 0 Å². The van der Waals surface area contributed by atoms with Crippen molar-refractivity contribution in [2.24, 2.45) is 5.92 Å². The van der Waals surface area contributed by atoms with Gasteiger partial charge in [-0.1, -0.05) is 25.8 Å². The van der Waals surface area contributed by atoms with Gasteiger partial charge in [0.15, 0.2) is 5.11 Å². The molecule has 0 saturated heterocycles. The van der Waals surface area contributed by atoms with E-state index in [9.17, 15) is 4.39 Å². The summed E-state index contributed by atoms with van der Waals surface area (Å²) in [6.45, 7) is 4.00. The lowest BCUT2D eigenvalue weighted by atomic mass is 9.86. The van der Waals surface area contributed by atoms with E-state index in [0.717, 1.165) is 6.42 Å². The van der Waals surface area contributed by atoms with Crippen LogP contribution in [0.25, 0.3) is 0 Å². The summed E-state index contributed by atoms with van der Waals surface area (Å²) in [6.07, 6.45) is 4.97. The maximum absolute atomic E-state index is 13.4. The first kappa shape index (κ1) is 14.3. The van der Waals surface area contributed by atoms with Crippen LogP contribution in [0.5, 0.6) is 0 Å². The number of anilines is 1. The lowest BCUT2D eigenvalue weighted by Crippen LogP contribution is -2.43. The molecule has 0 aliphatic heterocycles. The van der Waals surface area contributed by atoms with Crippen LogP contribution in [0.2, 0.25) is 0 Å². The van der Waals surface area contributed by atoms with Crippen molar-refractivity contribution in [3.63, 3.8) is 0 Å². The van der Waals surface area contributed by atoms with Gasteiger partial charge in [-0.3, -0.25) is 0 Å². The van der Waals surface area contributed by atoms with Crippen LogP contribution < -0.4 is 10.6 Å². The Labute approximate surface area is 119 Å². The Bertz CT molecular complexity index is 461. The third-order valence-corrected chi connectivity index (χ3v) is 4.08. The van der Waals surface area contributed by atoms with Gasteiger partial charge in [0.2, 0.25) is 0 Å².